The summed E-state index contributed by atoms with van der Waals surface area (Å²) in [4.78, 5) is 0. The minimum atomic E-state index is -0.342. The Kier molecular flexibility index (Phi) is 3.59. The van der Waals surface area contributed by atoms with Crippen LogP contribution in [0.15, 0.2) is 36.4 Å². The van der Waals surface area contributed by atoms with Crippen molar-refractivity contribution >= 4 is 23.2 Å². The van der Waals surface area contributed by atoms with Crippen molar-refractivity contribution in [3.8, 4) is 5.75 Å². The Hall–Kier alpha value is -1.29. The van der Waals surface area contributed by atoms with Gasteiger partial charge in [0.25, 0.3) is 0 Å². The fourth-order valence-corrected chi connectivity index (χ4v) is 2.70. The third kappa shape index (κ3) is 2.49. The lowest BCUT2D eigenvalue weighted by molar-refractivity contribution is 0.161. The van der Waals surface area contributed by atoms with Crippen LogP contribution in [0.2, 0.25) is 10.0 Å². The molecule has 5 heteroatoms. The van der Waals surface area contributed by atoms with Gasteiger partial charge in [0.05, 0.1) is 10.0 Å². The van der Waals surface area contributed by atoms with Crippen molar-refractivity contribution in [1.29, 1.82) is 0 Å². The van der Waals surface area contributed by atoms with Crippen LogP contribution in [0.4, 0.5) is 4.39 Å². The predicted molar refractivity (Wildman–Crippen MR) is 77.8 cm³/mol. The van der Waals surface area contributed by atoms with Crippen LogP contribution in [0.25, 0.3) is 0 Å². The molecule has 0 saturated carbocycles. The first-order valence-corrected chi connectivity index (χ1v) is 6.97. The van der Waals surface area contributed by atoms with Crippen LogP contribution in [0.3, 0.4) is 0 Å². The van der Waals surface area contributed by atoms with Gasteiger partial charge < -0.3 is 10.5 Å². The molecule has 2 aromatic carbocycles. The summed E-state index contributed by atoms with van der Waals surface area (Å²) in [5, 5.41) is 0.952. The second-order valence-corrected chi connectivity index (χ2v) is 5.62. The molecule has 1 aliphatic rings. The molecule has 0 fully saturated rings. The number of fused-ring (bicyclic) bond motifs is 1. The summed E-state index contributed by atoms with van der Waals surface area (Å²) in [6, 6.07) is 9.54. The van der Waals surface area contributed by atoms with Gasteiger partial charge in [-0.15, -0.1) is 0 Å². The third-order valence-corrected chi connectivity index (χ3v) is 4.17. The van der Waals surface area contributed by atoms with Crippen molar-refractivity contribution in [3.63, 3.8) is 0 Å². The highest BCUT2D eigenvalue weighted by atomic mass is 35.5. The first-order valence-electron chi connectivity index (χ1n) is 6.21. The average molecular weight is 312 g/mol. The summed E-state index contributed by atoms with van der Waals surface area (Å²) in [7, 11) is 0. The SMILES string of the molecule is N[C@H]1CC(c2ccc(Cl)c(Cl)c2)Oc2cc(F)ccc21. The molecule has 0 aliphatic carbocycles. The van der Waals surface area contributed by atoms with Crippen molar-refractivity contribution in [2.75, 3.05) is 0 Å². The highest BCUT2D eigenvalue weighted by molar-refractivity contribution is 6.42. The monoisotopic (exact) mass is 311 g/mol. The lowest BCUT2D eigenvalue weighted by Crippen LogP contribution is -2.24. The van der Waals surface area contributed by atoms with E-state index in [-0.39, 0.29) is 18.0 Å². The lowest BCUT2D eigenvalue weighted by Gasteiger charge is -2.30. The van der Waals surface area contributed by atoms with Crippen LogP contribution in [0.1, 0.15) is 29.7 Å². The molecule has 2 nitrogen and oxygen atoms in total. The van der Waals surface area contributed by atoms with E-state index < -0.39 is 0 Å². The zero-order valence-corrected chi connectivity index (χ0v) is 12.0. The zero-order valence-electron chi connectivity index (χ0n) is 10.4. The average Bonchev–Trinajstić information content (AvgIpc) is 2.41. The van der Waals surface area contributed by atoms with Crippen LogP contribution < -0.4 is 10.5 Å². The molecule has 104 valence electrons. The van der Waals surface area contributed by atoms with E-state index in [4.69, 9.17) is 33.7 Å². The molecule has 1 aliphatic heterocycles. The molecule has 1 heterocycles. The zero-order chi connectivity index (χ0) is 14.3. The second kappa shape index (κ2) is 5.24. The number of halogens is 3. The van der Waals surface area contributed by atoms with E-state index in [1.807, 2.05) is 6.07 Å². The largest absolute Gasteiger partial charge is 0.485 e. The van der Waals surface area contributed by atoms with Gasteiger partial charge in [-0.1, -0.05) is 35.3 Å². The van der Waals surface area contributed by atoms with Crippen molar-refractivity contribution in [2.45, 2.75) is 18.6 Å². The molecule has 2 atom stereocenters. The van der Waals surface area contributed by atoms with Gasteiger partial charge >= 0.3 is 0 Å². The Morgan fingerprint density at radius 3 is 2.65 bits per heavy atom. The van der Waals surface area contributed by atoms with Crippen LogP contribution in [0.5, 0.6) is 5.75 Å². The van der Waals surface area contributed by atoms with Gasteiger partial charge in [-0.25, -0.2) is 4.39 Å². The summed E-state index contributed by atoms with van der Waals surface area (Å²) in [5.41, 5.74) is 7.83. The molecular weight excluding hydrogens is 300 g/mol. The second-order valence-electron chi connectivity index (χ2n) is 4.80. The van der Waals surface area contributed by atoms with Gasteiger partial charge in [-0.3, -0.25) is 0 Å². The van der Waals surface area contributed by atoms with E-state index in [0.29, 0.717) is 22.2 Å². The maximum Gasteiger partial charge on any atom is 0.127 e. The van der Waals surface area contributed by atoms with Crippen LogP contribution >= 0.6 is 23.2 Å². The fraction of sp³-hybridized carbons (Fsp3) is 0.200. The lowest BCUT2D eigenvalue weighted by atomic mass is 9.93. The maximum atomic E-state index is 13.3. The van der Waals surface area contributed by atoms with E-state index in [1.165, 1.54) is 12.1 Å². The standard InChI is InChI=1S/C15H12Cl2FNO/c16-11-4-1-8(5-12(11)17)14-7-13(19)10-3-2-9(18)6-15(10)20-14/h1-6,13-14H,7,19H2/t13-,14?/m0/s1. The molecule has 0 aromatic heterocycles. The van der Waals surface area contributed by atoms with Gasteiger partial charge in [0.1, 0.15) is 17.7 Å². The molecule has 2 aromatic rings. The summed E-state index contributed by atoms with van der Waals surface area (Å²) in [6.45, 7) is 0. The molecule has 0 amide bonds. The molecular formula is C15H12Cl2FNO. The van der Waals surface area contributed by atoms with Crippen LogP contribution in [-0.4, -0.2) is 0 Å². The predicted octanol–water partition coefficient (Wildman–Crippen LogP) is 4.66. The Labute approximate surface area is 126 Å². The number of hydrogen-bond donors (Lipinski definition) is 1. The van der Waals surface area contributed by atoms with E-state index in [1.54, 1.807) is 18.2 Å². The van der Waals surface area contributed by atoms with Crippen molar-refractivity contribution in [3.05, 3.63) is 63.4 Å². The minimum Gasteiger partial charge on any atom is -0.485 e. The number of benzene rings is 2. The number of hydrogen-bond acceptors (Lipinski definition) is 2. The maximum absolute atomic E-state index is 13.3. The Morgan fingerprint density at radius 1 is 1.10 bits per heavy atom. The normalized spacial score (nSPS) is 21.2. The van der Waals surface area contributed by atoms with Gasteiger partial charge in [0.15, 0.2) is 0 Å². The Morgan fingerprint density at radius 2 is 1.90 bits per heavy atom. The topological polar surface area (TPSA) is 35.2 Å². The number of rotatable bonds is 1. The van der Waals surface area contributed by atoms with E-state index in [2.05, 4.69) is 0 Å². The van der Waals surface area contributed by atoms with E-state index >= 15 is 0 Å². The molecule has 0 spiro atoms. The molecule has 3 rings (SSSR count). The molecule has 0 radical (unpaired) electrons. The van der Waals surface area contributed by atoms with Gasteiger partial charge in [0, 0.05) is 24.1 Å². The summed E-state index contributed by atoms with van der Waals surface area (Å²) in [6.07, 6.45) is 0.352. The number of ether oxygens (including phenoxy) is 1. The Bertz CT molecular complexity index is 662. The van der Waals surface area contributed by atoms with Crippen molar-refractivity contribution in [2.24, 2.45) is 5.73 Å². The molecule has 2 N–H and O–H groups in total. The van der Waals surface area contributed by atoms with E-state index in [9.17, 15) is 4.39 Å². The molecule has 0 saturated heterocycles. The van der Waals surface area contributed by atoms with Crippen molar-refractivity contribution in [1.82, 2.24) is 0 Å². The highest BCUT2D eigenvalue weighted by Crippen LogP contribution is 2.40. The third-order valence-electron chi connectivity index (χ3n) is 3.43. The first-order chi connectivity index (χ1) is 9.54. The van der Waals surface area contributed by atoms with Gasteiger partial charge in [-0.05, 0) is 23.8 Å². The molecule has 20 heavy (non-hydrogen) atoms. The van der Waals surface area contributed by atoms with E-state index in [0.717, 1.165) is 11.1 Å². The highest BCUT2D eigenvalue weighted by Gasteiger charge is 2.27. The summed E-state index contributed by atoms with van der Waals surface area (Å²) >= 11 is 11.9. The molecule has 1 unspecified atom stereocenters. The number of nitrogens with two attached hydrogens (primary N) is 1. The summed E-state index contributed by atoms with van der Waals surface area (Å²) in [5.74, 6) is 0.144. The van der Waals surface area contributed by atoms with Crippen molar-refractivity contribution < 1.29 is 9.13 Å². The minimum absolute atomic E-state index is 0.196. The fourth-order valence-electron chi connectivity index (χ4n) is 2.39. The first kappa shape index (κ1) is 13.7. The smallest absolute Gasteiger partial charge is 0.127 e. The van der Waals surface area contributed by atoms with Gasteiger partial charge in [0.2, 0.25) is 0 Å². The Balaban J connectivity index is 1.96. The van der Waals surface area contributed by atoms with Crippen LogP contribution in [-0.2, 0) is 0 Å². The van der Waals surface area contributed by atoms with Gasteiger partial charge in [-0.2, -0.15) is 0 Å². The summed E-state index contributed by atoms with van der Waals surface area (Å²) < 4.78 is 19.2. The molecule has 0 bridgehead atoms. The quantitative estimate of drug-likeness (QED) is 0.831. The van der Waals surface area contributed by atoms with Crippen LogP contribution in [0, 0.1) is 5.82 Å².